The summed E-state index contributed by atoms with van der Waals surface area (Å²) in [6, 6.07) is 5.36. The summed E-state index contributed by atoms with van der Waals surface area (Å²) in [6.07, 6.45) is 1.22. The molecule has 0 spiro atoms. The van der Waals surface area contributed by atoms with Crippen LogP contribution in [0.15, 0.2) is 12.1 Å². The van der Waals surface area contributed by atoms with Gasteiger partial charge in [0.15, 0.2) is 0 Å². The highest BCUT2D eigenvalue weighted by molar-refractivity contribution is 5.63. The highest BCUT2D eigenvalue weighted by atomic mass is 15.2. The molecule has 2 heteroatoms. The van der Waals surface area contributed by atoms with Crippen LogP contribution in [0.4, 0.5) is 5.69 Å². The van der Waals surface area contributed by atoms with Gasteiger partial charge in [0.2, 0.25) is 0 Å². The van der Waals surface area contributed by atoms with E-state index >= 15 is 0 Å². The molecule has 0 radical (unpaired) electrons. The van der Waals surface area contributed by atoms with Gasteiger partial charge in [-0.1, -0.05) is 13.0 Å². The van der Waals surface area contributed by atoms with E-state index in [1.165, 1.54) is 28.8 Å². The smallest absolute Gasteiger partial charge is 0.0411 e. The molecular weight excluding hydrogens is 244 g/mol. The third-order valence-corrected chi connectivity index (χ3v) is 4.62. The second-order valence-corrected chi connectivity index (χ2v) is 7.25. The summed E-state index contributed by atoms with van der Waals surface area (Å²) < 4.78 is 0. The Hall–Kier alpha value is -1.02. The van der Waals surface area contributed by atoms with Crippen molar-refractivity contribution in [3.8, 4) is 0 Å². The van der Waals surface area contributed by atoms with Gasteiger partial charge >= 0.3 is 0 Å². The van der Waals surface area contributed by atoms with Crippen molar-refractivity contribution in [2.24, 2.45) is 0 Å². The Labute approximate surface area is 124 Å². The molecule has 1 N–H and O–H groups in total. The Bertz CT molecular complexity index is 488. The second kappa shape index (κ2) is 5.40. The molecule has 0 saturated carbocycles. The summed E-state index contributed by atoms with van der Waals surface area (Å²) in [5.74, 6) is 0.631. The van der Waals surface area contributed by atoms with Crippen molar-refractivity contribution in [1.29, 1.82) is 0 Å². The molecule has 112 valence electrons. The van der Waals surface area contributed by atoms with Crippen LogP contribution in [0.25, 0.3) is 0 Å². The van der Waals surface area contributed by atoms with E-state index in [-0.39, 0.29) is 5.54 Å². The molecule has 0 aliphatic carbocycles. The van der Waals surface area contributed by atoms with Crippen molar-refractivity contribution in [2.45, 2.75) is 72.0 Å². The molecule has 1 aliphatic rings. The first-order valence-corrected chi connectivity index (χ1v) is 7.85. The lowest BCUT2D eigenvalue weighted by Crippen LogP contribution is -2.51. The molecule has 0 amide bonds. The molecule has 1 heterocycles. The predicted octanol–water partition coefficient (Wildman–Crippen LogP) is 4.22. The zero-order valence-electron chi connectivity index (χ0n) is 14.2. The molecule has 0 fully saturated rings. The summed E-state index contributed by atoms with van der Waals surface area (Å²) in [7, 11) is 2.02. The third-order valence-electron chi connectivity index (χ3n) is 4.62. The maximum Gasteiger partial charge on any atom is 0.0411 e. The number of nitrogens with zero attached hydrogens (tertiary/aromatic N) is 1. The first kappa shape index (κ1) is 15.4. The van der Waals surface area contributed by atoms with E-state index in [1.54, 1.807) is 0 Å². The highest BCUT2D eigenvalue weighted by Gasteiger charge is 2.37. The summed E-state index contributed by atoms with van der Waals surface area (Å²) in [5.41, 5.74) is 6.03. The van der Waals surface area contributed by atoms with Crippen LogP contribution in [0.2, 0.25) is 0 Å². The minimum atomic E-state index is 0.234. The SMILES string of the molecule is CNCc1cc2c(cc1C)N(C(C)C)C(C)(C)C[C@@H]2C. The van der Waals surface area contributed by atoms with Gasteiger partial charge in [-0.3, -0.25) is 0 Å². The van der Waals surface area contributed by atoms with Gasteiger partial charge in [-0.15, -0.1) is 0 Å². The van der Waals surface area contributed by atoms with Gasteiger partial charge in [-0.2, -0.15) is 0 Å². The van der Waals surface area contributed by atoms with Crippen molar-refractivity contribution < 1.29 is 0 Å². The van der Waals surface area contributed by atoms with Crippen molar-refractivity contribution >= 4 is 5.69 Å². The number of fused-ring (bicyclic) bond motifs is 1. The van der Waals surface area contributed by atoms with Crippen LogP contribution in [0.3, 0.4) is 0 Å². The van der Waals surface area contributed by atoms with Crippen molar-refractivity contribution in [2.75, 3.05) is 11.9 Å². The fraction of sp³-hybridized carbons (Fsp3) is 0.667. The number of hydrogen-bond donors (Lipinski definition) is 1. The lowest BCUT2D eigenvalue weighted by Gasteiger charge is -2.50. The van der Waals surface area contributed by atoms with E-state index in [9.17, 15) is 0 Å². The summed E-state index contributed by atoms with van der Waals surface area (Å²) in [6.45, 7) is 14.9. The largest absolute Gasteiger partial charge is 0.364 e. The fourth-order valence-corrected chi connectivity index (χ4v) is 4.00. The average Bonchev–Trinajstić information content (AvgIpc) is 2.29. The molecule has 0 saturated heterocycles. The van der Waals surface area contributed by atoms with E-state index in [0.29, 0.717) is 12.0 Å². The molecular formula is C18H30N2. The van der Waals surface area contributed by atoms with Crippen molar-refractivity contribution in [1.82, 2.24) is 5.32 Å². The first-order chi connectivity index (χ1) is 9.27. The van der Waals surface area contributed by atoms with Gasteiger partial charge in [0.25, 0.3) is 0 Å². The van der Waals surface area contributed by atoms with Crippen LogP contribution in [0.5, 0.6) is 0 Å². The lowest BCUT2D eigenvalue weighted by molar-refractivity contribution is 0.355. The average molecular weight is 274 g/mol. The molecule has 1 atom stereocenters. The molecule has 1 aromatic carbocycles. The Balaban J connectivity index is 2.57. The van der Waals surface area contributed by atoms with Gasteiger partial charge in [0, 0.05) is 23.8 Å². The third kappa shape index (κ3) is 2.58. The normalized spacial score (nSPS) is 21.2. The van der Waals surface area contributed by atoms with Crippen LogP contribution in [0.1, 0.15) is 63.6 Å². The molecule has 1 aliphatic heterocycles. The number of nitrogens with one attached hydrogen (secondary N) is 1. The molecule has 2 nitrogen and oxygen atoms in total. The summed E-state index contributed by atoms with van der Waals surface area (Å²) in [5, 5.41) is 3.28. The van der Waals surface area contributed by atoms with Gasteiger partial charge in [0.05, 0.1) is 0 Å². The minimum Gasteiger partial charge on any atom is -0.364 e. The molecule has 0 unspecified atom stereocenters. The maximum atomic E-state index is 3.28. The number of hydrogen-bond acceptors (Lipinski definition) is 2. The van der Waals surface area contributed by atoms with Gasteiger partial charge in [-0.25, -0.2) is 0 Å². The summed E-state index contributed by atoms with van der Waals surface area (Å²) in [4.78, 5) is 2.61. The Kier molecular flexibility index (Phi) is 4.15. The molecule has 1 aromatic rings. The topological polar surface area (TPSA) is 15.3 Å². The van der Waals surface area contributed by atoms with Crippen LogP contribution < -0.4 is 10.2 Å². The van der Waals surface area contributed by atoms with E-state index in [2.05, 4.69) is 63.9 Å². The standard InChI is InChI=1S/C18H30N2/c1-12(2)20-17-8-13(3)15(11-19-7)9-16(17)14(4)10-18(20,5)6/h8-9,12,14,19H,10-11H2,1-7H3/t14-/m0/s1. The Morgan fingerprint density at radius 2 is 2.00 bits per heavy atom. The monoisotopic (exact) mass is 274 g/mol. The quantitative estimate of drug-likeness (QED) is 0.888. The molecule has 0 bridgehead atoms. The predicted molar refractivity (Wildman–Crippen MR) is 88.7 cm³/mol. The second-order valence-electron chi connectivity index (χ2n) is 7.25. The number of anilines is 1. The number of rotatable bonds is 3. The maximum absolute atomic E-state index is 3.28. The first-order valence-electron chi connectivity index (χ1n) is 7.85. The van der Waals surface area contributed by atoms with E-state index in [0.717, 1.165) is 6.54 Å². The van der Waals surface area contributed by atoms with Crippen LogP contribution in [0, 0.1) is 6.92 Å². The van der Waals surface area contributed by atoms with Crippen molar-refractivity contribution in [3.63, 3.8) is 0 Å². The fourth-order valence-electron chi connectivity index (χ4n) is 4.00. The summed E-state index contributed by atoms with van der Waals surface area (Å²) >= 11 is 0. The number of aryl methyl sites for hydroxylation is 1. The van der Waals surface area contributed by atoms with Gasteiger partial charge in [-0.05, 0) is 76.8 Å². The lowest BCUT2D eigenvalue weighted by atomic mass is 9.78. The van der Waals surface area contributed by atoms with E-state index in [1.807, 2.05) is 7.05 Å². The highest BCUT2D eigenvalue weighted by Crippen LogP contribution is 2.45. The molecule has 20 heavy (non-hydrogen) atoms. The van der Waals surface area contributed by atoms with Crippen LogP contribution >= 0.6 is 0 Å². The molecule has 0 aromatic heterocycles. The van der Waals surface area contributed by atoms with E-state index < -0.39 is 0 Å². The Morgan fingerprint density at radius 1 is 1.35 bits per heavy atom. The van der Waals surface area contributed by atoms with Crippen molar-refractivity contribution in [3.05, 3.63) is 28.8 Å². The Morgan fingerprint density at radius 3 is 2.55 bits per heavy atom. The molecule has 2 rings (SSSR count). The zero-order chi connectivity index (χ0) is 15.1. The van der Waals surface area contributed by atoms with Crippen LogP contribution in [-0.2, 0) is 6.54 Å². The number of benzene rings is 1. The zero-order valence-corrected chi connectivity index (χ0v) is 14.2. The van der Waals surface area contributed by atoms with Crippen LogP contribution in [-0.4, -0.2) is 18.6 Å². The van der Waals surface area contributed by atoms with E-state index in [4.69, 9.17) is 0 Å². The van der Waals surface area contributed by atoms with Gasteiger partial charge < -0.3 is 10.2 Å². The minimum absolute atomic E-state index is 0.234. The van der Waals surface area contributed by atoms with Gasteiger partial charge in [0.1, 0.15) is 0 Å².